The Morgan fingerprint density at radius 1 is 1.54 bits per heavy atom. The highest BCUT2D eigenvalue weighted by molar-refractivity contribution is 5.94. The first-order chi connectivity index (χ1) is 11.9. The lowest BCUT2D eigenvalue weighted by Crippen LogP contribution is -2.53. The van der Waals surface area contributed by atoms with E-state index in [-0.39, 0.29) is 25.3 Å². The third kappa shape index (κ3) is 3.45. The summed E-state index contributed by atoms with van der Waals surface area (Å²) in [5, 5.41) is 11.7. The van der Waals surface area contributed by atoms with Crippen molar-refractivity contribution in [2.75, 3.05) is 20.1 Å². The van der Waals surface area contributed by atoms with Crippen LogP contribution in [0.15, 0.2) is 0 Å². The zero-order valence-corrected chi connectivity index (χ0v) is 15.1. The SMILES string of the molecule is CC(C[C@](C)(F)C(=O)N1C[C@]2(CCNC2=O)C[C@H]1C(N)=O)N(C)C(=O)O. The lowest BCUT2D eigenvalue weighted by Gasteiger charge is -2.33. The van der Waals surface area contributed by atoms with Crippen LogP contribution in [-0.4, -0.2) is 76.6 Å². The Hall–Kier alpha value is -2.39. The number of amides is 4. The van der Waals surface area contributed by atoms with Gasteiger partial charge in [0.2, 0.25) is 11.8 Å². The molecule has 2 aliphatic rings. The summed E-state index contributed by atoms with van der Waals surface area (Å²) < 4.78 is 15.2. The Balaban J connectivity index is 2.21. The highest BCUT2D eigenvalue weighted by Crippen LogP contribution is 2.42. The van der Waals surface area contributed by atoms with Gasteiger partial charge in [-0.1, -0.05) is 0 Å². The van der Waals surface area contributed by atoms with Crippen molar-refractivity contribution in [2.45, 2.75) is 50.9 Å². The molecule has 26 heavy (non-hydrogen) atoms. The summed E-state index contributed by atoms with van der Waals surface area (Å²) in [7, 11) is 1.29. The number of rotatable bonds is 5. The van der Waals surface area contributed by atoms with Gasteiger partial charge in [0.25, 0.3) is 5.91 Å². The monoisotopic (exact) mass is 372 g/mol. The number of halogens is 1. The van der Waals surface area contributed by atoms with Gasteiger partial charge in [-0.3, -0.25) is 14.4 Å². The van der Waals surface area contributed by atoms with Crippen LogP contribution in [0.3, 0.4) is 0 Å². The van der Waals surface area contributed by atoms with E-state index >= 15 is 4.39 Å². The molecule has 0 radical (unpaired) electrons. The molecule has 0 aromatic carbocycles. The zero-order chi connectivity index (χ0) is 19.9. The number of hydrogen-bond acceptors (Lipinski definition) is 4. The summed E-state index contributed by atoms with van der Waals surface area (Å²) in [5.41, 5.74) is 2.05. The minimum Gasteiger partial charge on any atom is -0.465 e. The molecule has 2 aliphatic heterocycles. The molecule has 1 unspecified atom stereocenters. The number of nitrogens with zero attached hydrogens (tertiary/aromatic N) is 2. The van der Waals surface area contributed by atoms with Crippen LogP contribution in [0, 0.1) is 5.41 Å². The third-order valence-electron chi connectivity index (χ3n) is 5.48. The molecule has 1 spiro atoms. The maximum absolute atomic E-state index is 15.2. The van der Waals surface area contributed by atoms with Crippen molar-refractivity contribution in [3.63, 3.8) is 0 Å². The topological polar surface area (TPSA) is 133 Å². The molecule has 4 atom stereocenters. The molecule has 4 amide bonds. The van der Waals surface area contributed by atoms with E-state index in [1.807, 2.05) is 0 Å². The fourth-order valence-electron chi connectivity index (χ4n) is 3.78. The van der Waals surface area contributed by atoms with E-state index in [2.05, 4.69) is 5.32 Å². The van der Waals surface area contributed by atoms with Crippen LogP contribution < -0.4 is 11.1 Å². The molecule has 0 aromatic heterocycles. The van der Waals surface area contributed by atoms with E-state index < -0.39 is 41.1 Å². The van der Waals surface area contributed by atoms with Gasteiger partial charge in [0.15, 0.2) is 5.67 Å². The fourth-order valence-corrected chi connectivity index (χ4v) is 3.78. The largest absolute Gasteiger partial charge is 0.465 e. The van der Waals surface area contributed by atoms with Gasteiger partial charge in [0.1, 0.15) is 6.04 Å². The average molecular weight is 372 g/mol. The van der Waals surface area contributed by atoms with E-state index in [1.165, 1.54) is 14.0 Å². The molecule has 146 valence electrons. The summed E-state index contributed by atoms with van der Waals surface area (Å²) in [6.45, 7) is 2.90. The van der Waals surface area contributed by atoms with Crippen LogP contribution in [0.1, 0.15) is 33.1 Å². The number of carbonyl (C=O) groups excluding carboxylic acids is 3. The van der Waals surface area contributed by atoms with Crippen molar-refractivity contribution in [2.24, 2.45) is 11.1 Å². The third-order valence-corrected chi connectivity index (χ3v) is 5.48. The average Bonchev–Trinajstić information content (AvgIpc) is 3.10. The predicted molar refractivity (Wildman–Crippen MR) is 88.8 cm³/mol. The van der Waals surface area contributed by atoms with Crippen LogP contribution in [-0.2, 0) is 14.4 Å². The maximum Gasteiger partial charge on any atom is 0.407 e. The molecule has 2 saturated heterocycles. The lowest BCUT2D eigenvalue weighted by atomic mass is 9.84. The lowest BCUT2D eigenvalue weighted by molar-refractivity contribution is -0.148. The summed E-state index contributed by atoms with van der Waals surface area (Å²) in [5.74, 6) is -2.01. The quantitative estimate of drug-likeness (QED) is 0.609. The molecule has 10 heteroatoms. The number of nitrogens with two attached hydrogens (primary N) is 1. The van der Waals surface area contributed by atoms with Gasteiger partial charge in [0, 0.05) is 32.6 Å². The molecule has 2 fully saturated rings. The van der Waals surface area contributed by atoms with Gasteiger partial charge in [-0.2, -0.15) is 0 Å². The minimum atomic E-state index is -2.41. The molecule has 9 nitrogen and oxygen atoms in total. The van der Waals surface area contributed by atoms with E-state index in [1.54, 1.807) is 0 Å². The van der Waals surface area contributed by atoms with Crippen molar-refractivity contribution in [1.82, 2.24) is 15.1 Å². The van der Waals surface area contributed by atoms with Crippen molar-refractivity contribution in [3.8, 4) is 0 Å². The van der Waals surface area contributed by atoms with Crippen LogP contribution in [0.2, 0.25) is 0 Å². The number of carbonyl (C=O) groups is 4. The zero-order valence-electron chi connectivity index (χ0n) is 15.1. The van der Waals surface area contributed by atoms with Crippen LogP contribution in [0.25, 0.3) is 0 Å². The first-order valence-electron chi connectivity index (χ1n) is 8.45. The van der Waals surface area contributed by atoms with E-state index in [0.717, 1.165) is 16.7 Å². The number of primary amides is 1. The van der Waals surface area contributed by atoms with E-state index in [9.17, 15) is 19.2 Å². The Morgan fingerprint density at radius 3 is 2.62 bits per heavy atom. The highest BCUT2D eigenvalue weighted by Gasteiger charge is 2.56. The standard InChI is InChI=1S/C16H25FN4O5/c1-9(20(3)14(25)26)6-15(2,17)13(24)21-8-16(4-5-19-12(16)23)7-10(21)11(18)22/h9-10H,4-8H2,1-3H3,(H2,18,22)(H,19,23)(H,25,26)/t9?,10-,15-,16-/m0/s1. The van der Waals surface area contributed by atoms with Gasteiger partial charge in [0.05, 0.1) is 5.41 Å². The summed E-state index contributed by atoms with van der Waals surface area (Å²) in [6, 6.07) is -1.82. The normalized spacial score (nSPS) is 28.5. The number of hydrogen-bond donors (Lipinski definition) is 3. The first-order valence-corrected chi connectivity index (χ1v) is 8.45. The van der Waals surface area contributed by atoms with Crippen LogP contribution in [0.4, 0.5) is 9.18 Å². The first kappa shape index (κ1) is 19.9. The smallest absolute Gasteiger partial charge is 0.407 e. The van der Waals surface area contributed by atoms with Crippen molar-refractivity contribution < 1.29 is 28.7 Å². The second-order valence-electron chi connectivity index (χ2n) is 7.49. The Labute approximate surface area is 150 Å². The number of carboxylic acid groups (broad SMARTS) is 1. The molecule has 0 saturated carbocycles. The predicted octanol–water partition coefficient (Wildman–Crippen LogP) is -0.304. The molecule has 0 aliphatic carbocycles. The maximum atomic E-state index is 15.2. The van der Waals surface area contributed by atoms with Crippen LogP contribution in [0.5, 0.6) is 0 Å². The Morgan fingerprint density at radius 2 is 2.15 bits per heavy atom. The molecular weight excluding hydrogens is 347 g/mol. The molecule has 4 N–H and O–H groups in total. The molecule has 2 heterocycles. The second-order valence-corrected chi connectivity index (χ2v) is 7.49. The van der Waals surface area contributed by atoms with Gasteiger partial charge in [-0.05, 0) is 26.7 Å². The summed E-state index contributed by atoms with van der Waals surface area (Å²) in [4.78, 5) is 49.7. The molecule has 0 bridgehead atoms. The number of alkyl halides is 1. The second kappa shape index (κ2) is 6.73. The number of likely N-dealkylation sites (tertiary alicyclic amines) is 1. The van der Waals surface area contributed by atoms with Crippen molar-refractivity contribution in [1.29, 1.82) is 0 Å². The summed E-state index contributed by atoms with van der Waals surface area (Å²) in [6.07, 6.45) is -1.10. The van der Waals surface area contributed by atoms with E-state index in [4.69, 9.17) is 10.8 Å². The van der Waals surface area contributed by atoms with Crippen molar-refractivity contribution >= 4 is 23.8 Å². The van der Waals surface area contributed by atoms with Gasteiger partial charge in [-0.25, -0.2) is 9.18 Å². The van der Waals surface area contributed by atoms with Gasteiger partial charge in [-0.15, -0.1) is 0 Å². The van der Waals surface area contributed by atoms with E-state index in [0.29, 0.717) is 13.0 Å². The van der Waals surface area contributed by atoms with Gasteiger partial charge >= 0.3 is 6.09 Å². The van der Waals surface area contributed by atoms with Gasteiger partial charge < -0.3 is 26.0 Å². The fraction of sp³-hybridized carbons (Fsp3) is 0.750. The molecule has 2 rings (SSSR count). The minimum absolute atomic E-state index is 0.0700. The van der Waals surface area contributed by atoms with Crippen molar-refractivity contribution in [3.05, 3.63) is 0 Å². The van der Waals surface area contributed by atoms with Crippen LogP contribution >= 0.6 is 0 Å². The summed E-state index contributed by atoms with van der Waals surface area (Å²) >= 11 is 0. The highest BCUT2D eigenvalue weighted by atomic mass is 19.1. The number of nitrogens with one attached hydrogen (secondary N) is 1. The Bertz CT molecular complexity index is 640. The molecule has 0 aromatic rings. The molecular formula is C16H25FN4O5. The Kier molecular flexibility index (Phi) is 5.16.